The Kier molecular flexibility index (Phi) is 5.97. The molecule has 0 amide bonds. The lowest BCUT2D eigenvalue weighted by molar-refractivity contribution is 0.347. The first-order valence-corrected chi connectivity index (χ1v) is 11.9. The molecule has 0 atom stereocenters. The van der Waals surface area contributed by atoms with Gasteiger partial charge in [-0.3, -0.25) is 0 Å². The molecule has 0 spiro atoms. The Labute approximate surface area is 180 Å². The van der Waals surface area contributed by atoms with Gasteiger partial charge in [-0.25, -0.2) is 0 Å². The Bertz CT molecular complexity index is 1050. The van der Waals surface area contributed by atoms with Gasteiger partial charge in [-0.15, -0.1) is 0 Å². The SMILES string of the molecule is CC(C)(C)c1ccccc1-c1cccc([P+](O)(O)O)c1-c1ccccc1C(C)(C)C. The van der Waals surface area contributed by atoms with E-state index < -0.39 is 7.94 Å². The van der Waals surface area contributed by atoms with E-state index >= 15 is 0 Å². The van der Waals surface area contributed by atoms with Crippen molar-refractivity contribution in [3.05, 3.63) is 77.9 Å². The minimum Gasteiger partial charge on any atom is -0.189 e. The van der Waals surface area contributed by atoms with Gasteiger partial charge in [0.25, 0.3) is 0 Å². The molecule has 4 heteroatoms. The van der Waals surface area contributed by atoms with Crippen LogP contribution >= 0.6 is 7.94 Å². The first kappa shape index (κ1) is 22.7. The molecule has 0 saturated heterocycles. The van der Waals surface area contributed by atoms with Crippen molar-refractivity contribution in [1.29, 1.82) is 0 Å². The molecular formula is C26H32O3P+. The molecule has 3 aromatic carbocycles. The molecule has 0 unspecified atom stereocenters. The summed E-state index contributed by atoms with van der Waals surface area (Å²) < 4.78 is 0. The van der Waals surface area contributed by atoms with Crippen LogP contribution in [0, 0.1) is 0 Å². The Morgan fingerprint density at radius 1 is 0.533 bits per heavy atom. The van der Waals surface area contributed by atoms with Crippen molar-refractivity contribution in [3.8, 4) is 22.3 Å². The fraction of sp³-hybridized carbons (Fsp3) is 0.308. The van der Waals surface area contributed by atoms with Crippen LogP contribution in [0.4, 0.5) is 0 Å². The summed E-state index contributed by atoms with van der Waals surface area (Å²) in [4.78, 5) is 31.0. The maximum absolute atomic E-state index is 10.3. The van der Waals surface area contributed by atoms with Crippen LogP contribution in [-0.2, 0) is 10.8 Å². The second kappa shape index (κ2) is 7.90. The molecule has 3 rings (SSSR count). The summed E-state index contributed by atoms with van der Waals surface area (Å²) >= 11 is 0. The van der Waals surface area contributed by atoms with Gasteiger partial charge in [-0.1, -0.05) is 102 Å². The molecular weight excluding hydrogens is 391 g/mol. The zero-order chi connectivity index (χ0) is 22.3. The molecule has 0 aliphatic rings. The molecule has 0 aromatic heterocycles. The molecule has 0 bridgehead atoms. The average molecular weight is 424 g/mol. The summed E-state index contributed by atoms with van der Waals surface area (Å²) in [6.45, 7) is 12.9. The van der Waals surface area contributed by atoms with Crippen LogP contribution in [0.2, 0.25) is 0 Å². The molecule has 0 radical (unpaired) electrons. The first-order chi connectivity index (χ1) is 13.8. The Morgan fingerprint density at radius 3 is 1.47 bits per heavy atom. The van der Waals surface area contributed by atoms with Gasteiger partial charge in [0.05, 0.1) is 0 Å². The number of rotatable bonds is 3. The van der Waals surface area contributed by atoms with E-state index in [1.165, 1.54) is 0 Å². The quantitative estimate of drug-likeness (QED) is 0.454. The average Bonchev–Trinajstić information content (AvgIpc) is 2.65. The van der Waals surface area contributed by atoms with E-state index in [2.05, 4.69) is 59.7 Å². The Hall–Kier alpha value is -2.03. The van der Waals surface area contributed by atoms with Crippen molar-refractivity contribution in [2.45, 2.75) is 52.4 Å². The molecule has 3 N–H and O–H groups in total. The van der Waals surface area contributed by atoms with E-state index in [4.69, 9.17) is 0 Å². The molecule has 3 aromatic rings. The van der Waals surface area contributed by atoms with Crippen molar-refractivity contribution in [3.63, 3.8) is 0 Å². The molecule has 0 fully saturated rings. The van der Waals surface area contributed by atoms with Gasteiger partial charge >= 0.3 is 7.94 Å². The summed E-state index contributed by atoms with van der Waals surface area (Å²) in [5, 5.41) is 0.181. The van der Waals surface area contributed by atoms with Crippen LogP contribution in [0.25, 0.3) is 22.3 Å². The van der Waals surface area contributed by atoms with E-state index in [-0.39, 0.29) is 16.1 Å². The lowest BCUT2D eigenvalue weighted by Gasteiger charge is -2.27. The minimum absolute atomic E-state index is 0.0999. The maximum Gasteiger partial charge on any atom is 0.441 e. The third kappa shape index (κ3) is 4.50. The van der Waals surface area contributed by atoms with Crippen molar-refractivity contribution >= 4 is 13.2 Å². The van der Waals surface area contributed by atoms with Gasteiger partial charge in [-0.05, 0) is 44.7 Å². The predicted octanol–water partition coefficient (Wildman–Crippen LogP) is 5.98. The molecule has 0 aliphatic carbocycles. The second-order valence-corrected chi connectivity index (χ2v) is 11.5. The molecule has 30 heavy (non-hydrogen) atoms. The van der Waals surface area contributed by atoms with E-state index in [9.17, 15) is 14.7 Å². The van der Waals surface area contributed by atoms with E-state index in [0.29, 0.717) is 5.56 Å². The highest BCUT2D eigenvalue weighted by atomic mass is 31.2. The topological polar surface area (TPSA) is 60.7 Å². The van der Waals surface area contributed by atoms with Crippen molar-refractivity contribution in [2.75, 3.05) is 0 Å². The minimum atomic E-state index is -4.25. The highest BCUT2D eigenvalue weighted by molar-refractivity contribution is 7.67. The maximum atomic E-state index is 10.3. The lowest BCUT2D eigenvalue weighted by Crippen LogP contribution is -2.19. The zero-order valence-corrected chi connectivity index (χ0v) is 19.5. The third-order valence-electron chi connectivity index (χ3n) is 5.40. The van der Waals surface area contributed by atoms with E-state index in [1.807, 2.05) is 36.4 Å². The van der Waals surface area contributed by atoms with Crippen LogP contribution in [0.3, 0.4) is 0 Å². The van der Waals surface area contributed by atoms with Crippen LogP contribution in [0.5, 0.6) is 0 Å². The van der Waals surface area contributed by atoms with Crippen LogP contribution in [0.15, 0.2) is 66.7 Å². The van der Waals surface area contributed by atoms with Gasteiger partial charge in [-0.2, -0.15) is 14.7 Å². The summed E-state index contributed by atoms with van der Waals surface area (Å²) in [5.74, 6) is 0. The van der Waals surface area contributed by atoms with Gasteiger partial charge in [0.15, 0.2) is 5.30 Å². The van der Waals surface area contributed by atoms with Crippen molar-refractivity contribution in [2.24, 2.45) is 0 Å². The van der Waals surface area contributed by atoms with Crippen LogP contribution in [0.1, 0.15) is 52.7 Å². The van der Waals surface area contributed by atoms with Crippen LogP contribution in [-0.4, -0.2) is 14.7 Å². The second-order valence-electron chi connectivity index (χ2n) is 9.86. The number of hydrogen-bond acceptors (Lipinski definition) is 3. The summed E-state index contributed by atoms with van der Waals surface area (Å²) in [6.07, 6.45) is 0. The lowest BCUT2D eigenvalue weighted by atomic mass is 9.78. The summed E-state index contributed by atoms with van der Waals surface area (Å²) in [6, 6.07) is 21.6. The Morgan fingerprint density at radius 2 is 0.967 bits per heavy atom. The van der Waals surface area contributed by atoms with E-state index in [0.717, 1.165) is 27.8 Å². The number of benzene rings is 3. The molecule has 0 heterocycles. The van der Waals surface area contributed by atoms with Gasteiger partial charge < -0.3 is 0 Å². The highest BCUT2D eigenvalue weighted by Gasteiger charge is 2.39. The fourth-order valence-electron chi connectivity index (χ4n) is 4.02. The monoisotopic (exact) mass is 423 g/mol. The summed E-state index contributed by atoms with van der Waals surface area (Å²) in [5.41, 5.74) is 5.48. The van der Waals surface area contributed by atoms with Gasteiger partial charge in [0, 0.05) is 5.56 Å². The predicted molar refractivity (Wildman–Crippen MR) is 128 cm³/mol. The first-order valence-electron chi connectivity index (χ1n) is 10.2. The smallest absolute Gasteiger partial charge is 0.189 e. The van der Waals surface area contributed by atoms with Gasteiger partial charge in [0.1, 0.15) is 0 Å². The Balaban J connectivity index is 2.47. The fourth-order valence-corrected chi connectivity index (χ4v) is 4.85. The zero-order valence-electron chi connectivity index (χ0n) is 18.6. The molecule has 3 nitrogen and oxygen atoms in total. The highest BCUT2D eigenvalue weighted by Crippen LogP contribution is 2.50. The summed E-state index contributed by atoms with van der Waals surface area (Å²) in [7, 11) is -4.25. The largest absolute Gasteiger partial charge is 0.441 e. The van der Waals surface area contributed by atoms with Crippen molar-refractivity contribution in [1.82, 2.24) is 0 Å². The third-order valence-corrected chi connectivity index (χ3v) is 6.41. The van der Waals surface area contributed by atoms with Gasteiger partial charge in [0.2, 0.25) is 0 Å². The normalized spacial score (nSPS) is 12.8. The van der Waals surface area contributed by atoms with E-state index in [1.54, 1.807) is 12.1 Å². The molecule has 0 aliphatic heterocycles. The molecule has 0 saturated carbocycles. The van der Waals surface area contributed by atoms with Crippen molar-refractivity contribution < 1.29 is 14.7 Å². The standard InChI is InChI=1S/C26H32O3P/c1-25(2,3)21-15-9-7-12-18(21)19-14-11-17-23(30(27,28)29)24(19)20-13-8-10-16-22(20)26(4,5)6/h7-17,27-29H,1-6H3/q+1. The number of hydrogen-bond donors (Lipinski definition) is 3. The van der Waals surface area contributed by atoms with Crippen LogP contribution < -0.4 is 5.30 Å². The molecule has 158 valence electrons.